The second-order valence-corrected chi connectivity index (χ2v) is 1.23. The number of hydrogen-bond donors (Lipinski definition) is 1. The third-order valence-electron chi connectivity index (χ3n) is 0.432. The molecule has 0 amide bonds. The number of allylic oxidation sites excluding steroid dienone is 3. The molecular formula is C5H8FN. The maximum atomic E-state index is 11.1. The third-order valence-corrected chi connectivity index (χ3v) is 0.432. The highest BCUT2D eigenvalue weighted by molar-refractivity contribution is 5.04. The molecule has 0 bridgehead atoms. The molecule has 0 heterocycles. The fourth-order valence-electron chi connectivity index (χ4n) is 0.188. The minimum Gasteiger partial charge on any atom is -0.402 e. The van der Waals surface area contributed by atoms with Crippen LogP contribution in [-0.2, 0) is 0 Å². The first-order valence-electron chi connectivity index (χ1n) is 1.96. The maximum absolute atomic E-state index is 11.1. The molecule has 0 rings (SSSR count). The highest BCUT2D eigenvalue weighted by Crippen LogP contribution is 1.80. The van der Waals surface area contributed by atoms with Crippen LogP contribution >= 0.6 is 0 Å². The van der Waals surface area contributed by atoms with Crippen LogP contribution in [0.25, 0.3) is 0 Å². The van der Waals surface area contributed by atoms with E-state index in [4.69, 9.17) is 5.73 Å². The molecule has 0 aliphatic heterocycles. The van der Waals surface area contributed by atoms with Crippen LogP contribution in [0.4, 0.5) is 4.39 Å². The number of nitrogens with two attached hydrogens (primary N) is 1. The Balaban J connectivity index is 3.46. The Labute approximate surface area is 42.3 Å². The van der Waals surface area contributed by atoms with Gasteiger partial charge in [0.2, 0.25) is 0 Å². The van der Waals surface area contributed by atoms with Crippen LogP contribution in [0.5, 0.6) is 0 Å². The Morgan fingerprint density at radius 3 is 2.43 bits per heavy atom. The summed E-state index contributed by atoms with van der Waals surface area (Å²) in [5, 5.41) is 0. The van der Waals surface area contributed by atoms with Crippen molar-refractivity contribution >= 4 is 0 Å². The van der Waals surface area contributed by atoms with Crippen molar-refractivity contribution in [3.8, 4) is 0 Å². The molecule has 0 atom stereocenters. The zero-order valence-electron chi connectivity index (χ0n) is 4.19. The van der Waals surface area contributed by atoms with Crippen LogP contribution in [0, 0.1) is 0 Å². The lowest BCUT2D eigenvalue weighted by Gasteiger charge is -1.78. The maximum Gasteiger partial charge on any atom is 0.0867 e. The predicted molar refractivity (Wildman–Crippen MR) is 28.2 cm³/mol. The van der Waals surface area contributed by atoms with E-state index in [0.29, 0.717) is 12.0 Å². The van der Waals surface area contributed by atoms with Crippen LogP contribution in [0.2, 0.25) is 0 Å². The first-order chi connectivity index (χ1) is 3.27. The van der Waals surface area contributed by atoms with Crippen molar-refractivity contribution in [2.75, 3.05) is 0 Å². The Morgan fingerprint density at radius 1 is 1.71 bits per heavy atom. The van der Waals surface area contributed by atoms with Gasteiger partial charge in [0.1, 0.15) is 0 Å². The molecule has 0 aromatic heterocycles. The van der Waals surface area contributed by atoms with Gasteiger partial charge in [-0.1, -0.05) is 0 Å². The Bertz CT molecular complexity index is 90.3. The van der Waals surface area contributed by atoms with E-state index in [2.05, 4.69) is 0 Å². The highest BCUT2D eigenvalue weighted by atomic mass is 19.1. The van der Waals surface area contributed by atoms with Crippen molar-refractivity contribution < 1.29 is 4.39 Å². The molecule has 0 spiro atoms. The SMILES string of the molecule is C/C(N)=C/C=C\F. The summed E-state index contributed by atoms with van der Waals surface area (Å²) in [4.78, 5) is 0. The van der Waals surface area contributed by atoms with Crippen LogP contribution in [0.1, 0.15) is 6.92 Å². The van der Waals surface area contributed by atoms with Crippen LogP contribution in [-0.4, -0.2) is 0 Å². The minimum atomic E-state index is 0.441. The van der Waals surface area contributed by atoms with Crippen LogP contribution < -0.4 is 5.73 Å². The summed E-state index contributed by atoms with van der Waals surface area (Å²) < 4.78 is 11.1. The van der Waals surface area contributed by atoms with Gasteiger partial charge < -0.3 is 5.73 Å². The summed E-state index contributed by atoms with van der Waals surface area (Å²) in [7, 11) is 0. The molecule has 1 nitrogen and oxygen atoms in total. The van der Waals surface area contributed by atoms with Crippen molar-refractivity contribution in [1.82, 2.24) is 0 Å². The summed E-state index contributed by atoms with van der Waals surface area (Å²) >= 11 is 0. The van der Waals surface area contributed by atoms with E-state index in [-0.39, 0.29) is 0 Å². The normalized spacial score (nSPS) is 13.1. The number of halogens is 1. The lowest BCUT2D eigenvalue weighted by Crippen LogP contribution is -1.87. The van der Waals surface area contributed by atoms with Gasteiger partial charge in [0.25, 0.3) is 0 Å². The molecule has 0 aliphatic carbocycles. The van der Waals surface area contributed by atoms with Crippen molar-refractivity contribution in [3.63, 3.8) is 0 Å². The van der Waals surface area contributed by atoms with E-state index in [1.54, 1.807) is 6.92 Å². The lowest BCUT2D eigenvalue weighted by molar-refractivity contribution is 0.721. The fraction of sp³-hybridized carbons (Fsp3) is 0.200. The van der Waals surface area contributed by atoms with Gasteiger partial charge in [-0.25, -0.2) is 4.39 Å². The molecular weight excluding hydrogens is 93.1 g/mol. The molecule has 0 saturated heterocycles. The lowest BCUT2D eigenvalue weighted by atomic mass is 10.4. The summed E-state index contributed by atoms with van der Waals surface area (Å²) in [6.07, 6.45) is 3.17. The number of hydrogen-bond acceptors (Lipinski definition) is 1. The molecule has 0 saturated carbocycles. The Kier molecular flexibility index (Phi) is 3.02. The average molecular weight is 101 g/mol. The van der Waals surface area contributed by atoms with Crippen LogP contribution in [0.15, 0.2) is 24.2 Å². The highest BCUT2D eigenvalue weighted by Gasteiger charge is 1.66. The van der Waals surface area contributed by atoms with Crippen molar-refractivity contribution in [3.05, 3.63) is 24.2 Å². The zero-order chi connectivity index (χ0) is 5.70. The smallest absolute Gasteiger partial charge is 0.0867 e. The molecule has 40 valence electrons. The largest absolute Gasteiger partial charge is 0.402 e. The van der Waals surface area contributed by atoms with E-state index in [1.165, 1.54) is 12.2 Å². The van der Waals surface area contributed by atoms with Gasteiger partial charge in [0.05, 0.1) is 6.33 Å². The Hall–Kier alpha value is -0.790. The van der Waals surface area contributed by atoms with E-state index in [9.17, 15) is 4.39 Å². The molecule has 0 aliphatic rings. The van der Waals surface area contributed by atoms with Gasteiger partial charge in [-0.2, -0.15) is 0 Å². The minimum absolute atomic E-state index is 0.441. The topological polar surface area (TPSA) is 26.0 Å². The third kappa shape index (κ3) is 5.21. The van der Waals surface area contributed by atoms with E-state index < -0.39 is 0 Å². The van der Waals surface area contributed by atoms with Crippen molar-refractivity contribution in [2.24, 2.45) is 5.73 Å². The second kappa shape index (κ2) is 3.40. The Morgan fingerprint density at radius 2 is 2.29 bits per heavy atom. The number of rotatable bonds is 1. The summed E-state index contributed by atoms with van der Waals surface area (Å²) in [6, 6.07) is 0. The molecule has 0 aromatic rings. The van der Waals surface area contributed by atoms with Gasteiger partial charge in [0.15, 0.2) is 0 Å². The van der Waals surface area contributed by atoms with Gasteiger partial charge in [-0.3, -0.25) is 0 Å². The summed E-state index contributed by atoms with van der Waals surface area (Å²) in [6.45, 7) is 1.69. The summed E-state index contributed by atoms with van der Waals surface area (Å²) in [5.41, 5.74) is 5.73. The monoisotopic (exact) mass is 101 g/mol. The quantitative estimate of drug-likeness (QED) is 0.495. The van der Waals surface area contributed by atoms with Gasteiger partial charge in [0, 0.05) is 5.70 Å². The molecule has 7 heavy (non-hydrogen) atoms. The second-order valence-electron chi connectivity index (χ2n) is 1.23. The summed E-state index contributed by atoms with van der Waals surface area (Å²) in [5.74, 6) is 0. The molecule has 0 radical (unpaired) electrons. The van der Waals surface area contributed by atoms with E-state index >= 15 is 0 Å². The standard InChI is InChI=1S/C5H8FN/c1-5(7)3-2-4-6/h2-4H,7H2,1H3/b4-2-,5-3-. The van der Waals surface area contributed by atoms with Gasteiger partial charge >= 0.3 is 0 Å². The fourth-order valence-corrected chi connectivity index (χ4v) is 0.188. The first kappa shape index (κ1) is 6.21. The van der Waals surface area contributed by atoms with E-state index in [1.807, 2.05) is 0 Å². The average Bonchev–Trinajstić information content (AvgIpc) is 1.61. The van der Waals surface area contributed by atoms with E-state index in [0.717, 1.165) is 0 Å². The van der Waals surface area contributed by atoms with Crippen LogP contribution in [0.3, 0.4) is 0 Å². The van der Waals surface area contributed by atoms with Gasteiger partial charge in [-0.15, -0.1) is 0 Å². The van der Waals surface area contributed by atoms with Crippen molar-refractivity contribution in [2.45, 2.75) is 6.92 Å². The molecule has 2 heteroatoms. The van der Waals surface area contributed by atoms with Crippen molar-refractivity contribution in [1.29, 1.82) is 0 Å². The molecule has 0 fully saturated rings. The molecule has 0 unspecified atom stereocenters. The first-order valence-corrected chi connectivity index (χ1v) is 1.96. The molecule has 2 N–H and O–H groups in total. The van der Waals surface area contributed by atoms with Gasteiger partial charge in [-0.05, 0) is 19.1 Å². The predicted octanol–water partition coefficient (Wildman–Crippen LogP) is 1.33. The zero-order valence-corrected chi connectivity index (χ0v) is 4.19. The molecule has 0 aromatic carbocycles.